The topological polar surface area (TPSA) is 64.0 Å². The minimum atomic E-state index is -3.82. The maximum Gasteiger partial charge on any atom is 0.243 e. The van der Waals surface area contributed by atoms with Crippen LogP contribution < -0.4 is 4.72 Å². The van der Waals surface area contributed by atoms with Crippen molar-refractivity contribution in [3.05, 3.63) is 83.4 Å². The van der Waals surface area contributed by atoms with Crippen LogP contribution in [0.15, 0.2) is 71.9 Å². The molecule has 1 N–H and O–H groups in total. The Kier molecular flexibility index (Phi) is 4.71. The molecule has 7 heteroatoms. The van der Waals surface area contributed by atoms with Gasteiger partial charge in [0.25, 0.3) is 0 Å². The third-order valence-electron chi connectivity index (χ3n) is 3.65. The van der Waals surface area contributed by atoms with Gasteiger partial charge in [0.2, 0.25) is 10.0 Å². The third kappa shape index (κ3) is 3.36. The van der Waals surface area contributed by atoms with Gasteiger partial charge in [0.05, 0.1) is 5.02 Å². The van der Waals surface area contributed by atoms with Crippen molar-refractivity contribution in [1.29, 1.82) is 0 Å². The van der Waals surface area contributed by atoms with Crippen LogP contribution in [0.25, 0.3) is 0 Å². The predicted octanol–water partition coefficient (Wildman–Crippen LogP) is 3.14. The minimum Gasteiger partial charge on any atom is -0.336 e. The highest BCUT2D eigenvalue weighted by Gasteiger charge is 2.26. The van der Waals surface area contributed by atoms with Gasteiger partial charge in [0.15, 0.2) is 0 Å². The summed E-state index contributed by atoms with van der Waals surface area (Å²) in [7, 11) is -1.99. The molecule has 24 heavy (non-hydrogen) atoms. The standard InChI is InChI=1S/C17H16ClN3O2S/c1-21-12-11-19-17(21)16(13-7-3-2-4-8-13)20-24(22,23)15-10-6-5-9-14(15)18/h2-12,16,20H,1H3. The second kappa shape index (κ2) is 6.76. The Balaban J connectivity index is 2.05. The molecule has 0 aliphatic carbocycles. The highest BCUT2D eigenvalue weighted by Crippen LogP contribution is 2.26. The number of imidazole rings is 1. The number of halogens is 1. The largest absolute Gasteiger partial charge is 0.336 e. The zero-order chi connectivity index (χ0) is 17.2. The van der Waals surface area contributed by atoms with Crippen molar-refractivity contribution in [3.63, 3.8) is 0 Å². The number of benzene rings is 2. The van der Waals surface area contributed by atoms with Gasteiger partial charge in [-0.2, -0.15) is 4.72 Å². The lowest BCUT2D eigenvalue weighted by atomic mass is 10.1. The molecular formula is C17H16ClN3O2S. The fourth-order valence-electron chi connectivity index (χ4n) is 2.45. The van der Waals surface area contributed by atoms with Gasteiger partial charge in [-0.15, -0.1) is 0 Å². The van der Waals surface area contributed by atoms with E-state index in [1.54, 1.807) is 35.2 Å². The normalized spacial score (nSPS) is 12.9. The van der Waals surface area contributed by atoms with Crippen LogP contribution in [0.4, 0.5) is 0 Å². The molecule has 0 aliphatic rings. The molecule has 5 nitrogen and oxygen atoms in total. The Morgan fingerprint density at radius 2 is 1.75 bits per heavy atom. The molecule has 0 amide bonds. The predicted molar refractivity (Wildman–Crippen MR) is 93.3 cm³/mol. The molecule has 1 atom stereocenters. The van der Waals surface area contributed by atoms with Gasteiger partial charge in [-0.05, 0) is 17.7 Å². The van der Waals surface area contributed by atoms with Crippen LogP contribution in [0.2, 0.25) is 5.02 Å². The highest BCUT2D eigenvalue weighted by molar-refractivity contribution is 7.89. The molecule has 0 aliphatic heterocycles. The fourth-order valence-corrected chi connectivity index (χ4v) is 4.15. The van der Waals surface area contributed by atoms with Crippen molar-refractivity contribution < 1.29 is 8.42 Å². The van der Waals surface area contributed by atoms with Crippen molar-refractivity contribution in [3.8, 4) is 0 Å². The van der Waals surface area contributed by atoms with Crippen molar-refractivity contribution in [1.82, 2.24) is 14.3 Å². The number of nitrogens with zero attached hydrogens (tertiary/aromatic N) is 2. The Morgan fingerprint density at radius 3 is 2.38 bits per heavy atom. The Labute approximate surface area is 146 Å². The summed E-state index contributed by atoms with van der Waals surface area (Å²) < 4.78 is 30.1. The highest BCUT2D eigenvalue weighted by atomic mass is 35.5. The molecule has 3 aromatic rings. The van der Waals surface area contributed by atoms with E-state index in [4.69, 9.17) is 11.6 Å². The fraction of sp³-hybridized carbons (Fsp3) is 0.118. The van der Waals surface area contributed by atoms with Gasteiger partial charge in [0, 0.05) is 19.4 Å². The first-order chi connectivity index (χ1) is 11.5. The molecular weight excluding hydrogens is 346 g/mol. The Hall–Kier alpha value is -2.15. The van der Waals surface area contributed by atoms with Gasteiger partial charge in [-0.25, -0.2) is 13.4 Å². The maximum atomic E-state index is 12.8. The first-order valence-corrected chi connectivity index (χ1v) is 9.14. The second-order valence-corrected chi connectivity index (χ2v) is 7.38. The summed E-state index contributed by atoms with van der Waals surface area (Å²) >= 11 is 6.05. The van der Waals surface area contributed by atoms with Crippen LogP contribution in [0.3, 0.4) is 0 Å². The molecule has 0 saturated heterocycles. The summed E-state index contributed by atoms with van der Waals surface area (Å²) in [4.78, 5) is 4.34. The van der Waals surface area contributed by atoms with E-state index in [-0.39, 0.29) is 9.92 Å². The lowest BCUT2D eigenvalue weighted by Crippen LogP contribution is -2.31. The lowest BCUT2D eigenvalue weighted by molar-refractivity contribution is 0.563. The van der Waals surface area contributed by atoms with E-state index in [9.17, 15) is 8.42 Å². The van der Waals surface area contributed by atoms with Crippen LogP contribution >= 0.6 is 11.6 Å². The molecule has 2 aromatic carbocycles. The van der Waals surface area contributed by atoms with Crippen LogP contribution in [-0.4, -0.2) is 18.0 Å². The SMILES string of the molecule is Cn1ccnc1C(NS(=O)(=O)c1ccccc1Cl)c1ccccc1. The number of sulfonamides is 1. The van der Waals surface area contributed by atoms with Crippen LogP contribution in [0.1, 0.15) is 17.4 Å². The summed E-state index contributed by atoms with van der Waals surface area (Å²) in [5.74, 6) is 0.594. The van der Waals surface area contributed by atoms with E-state index in [0.29, 0.717) is 5.82 Å². The average molecular weight is 362 g/mol. The molecule has 0 radical (unpaired) electrons. The number of hydrogen-bond donors (Lipinski definition) is 1. The number of aryl methyl sites for hydroxylation is 1. The third-order valence-corrected chi connectivity index (χ3v) is 5.57. The quantitative estimate of drug-likeness (QED) is 0.759. The van der Waals surface area contributed by atoms with E-state index in [0.717, 1.165) is 5.56 Å². The second-order valence-electron chi connectivity index (χ2n) is 5.29. The van der Waals surface area contributed by atoms with Gasteiger partial charge < -0.3 is 4.57 Å². The number of rotatable bonds is 5. The molecule has 0 spiro atoms. The van der Waals surface area contributed by atoms with E-state index in [2.05, 4.69) is 9.71 Å². The van der Waals surface area contributed by atoms with E-state index < -0.39 is 16.1 Å². The number of aromatic nitrogens is 2. The first kappa shape index (κ1) is 16.7. The van der Waals surface area contributed by atoms with Gasteiger partial charge in [0.1, 0.15) is 16.8 Å². The van der Waals surface area contributed by atoms with Crippen LogP contribution in [0, 0.1) is 0 Å². The smallest absolute Gasteiger partial charge is 0.243 e. The zero-order valence-electron chi connectivity index (χ0n) is 12.9. The lowest BCUT2D eigenvalue weighted by Gasteiger charge is -2.19. The molecule has 1 heterocycles. The Bertz CT molecular complexity index is 939. The zero-order valence-corrected chi connectivity index (χ0v) is 14.5. The van der Waals surface area contributed by atoms with Crippen molar-refractivity contribution in [2.45, 2.75) is 10.9 Å². The Morgan fingerprint density at radius 1 is 1.08 bits per heavy atom. The van der Waals surface area contributed by atoms with E-state index in [1.807, 2.05) is 37.4 Å². The summed E-state index contributed by atoms with van der Waals surface area (Å²) in [6.07, 6.45) is 3.41. The molecule has 0 fully saturated rings. The summed E-state index contributed by atoms with van der Waals surface area (Å²) in [5.41, 5.74) is 0.794. The molecule has 124 valence electrons. The van der Waals surface area contributed by atoms with E-state index in [1.165, 1.54) is 6.07 Å². The van der Waals surface area contributed by atoms with Crippen molar-refractivity contribution >= 4 is 21.6 Å². The summed E-state index contributed by atoms with van der Waals surface area (Å²) in [6, 6.07) is 15.0. The van der Waals surface area contributed by atoms with Gasteiger partial charge in [-0.1, -0.05) is 54.1 Å². The first-order valence-electron chi connectivity index (χ1n) is 7.28. The van der Waals surface area contributed by atoms with Crippen LogP contribution in [0.5, 0.6) is 0 Å². The molecule has 0 bridgehead atoms. The molecule has 1 unspecified atom stereocenters. The van der Waals surface area contributed by atoms with Gasteiger partial charge in [-0.3, -0.25) is 0 Å². The monoisotopic (exact) mass is 361 g/mol. The minimum absolute atomic E-state index is 0.0433. The summed E-state index contributed by atoms with van der Waals surface area (Å²) in [5, 5.41) is 0.177. The van der Waals surface area contributed by atoms with Crippen LogP contribution in [-0.2, 0) is 17.1 Å². The van der Waals surface area contributed by atoms with E-state index >= 15 is 0 Å². The number of nitrogens with one attached hydrogen (secondary N) is 1. The molecule has 3 rings (SSSR count). The van der Waals surface area contributed by atoms with Crippen molar-refractivity contribution in [2.24, 2.45) is 7.05 Å². The molecule has 0 saturated carbocycles. The van der Waals surface area contributed by atoms with Crippen molar-refractivity contribution in [2.75, 3.05) is 0 Å². The molecule has 1 aromatic heterocycles. The van der Waals surface area contributed by atoms with Gasteiger partial charge >= 0.3 is 0 Å². The summed E-state index contributed by atoms with van der Waals surface area (Å²) in [6.45, 7) is 0. The average Bonchev–Trinajstić information content (AvgIpc) is 2.99. The maximum absolute atomic E-state index is 12.8. The number of hydrogen-bond acceptors (Lipinski definition) is 3.